The lowest BCUT2D eigenvalue weighted by Gasteiger charge is -2.20. The molecule has 1 N–H and O–H groups in total. The molecular formula is C14H19FN2O2. The molecule has 0 aliphatic carbocycles. The Morgan fingerprint density at radius 2 is 2.21 bits per heavy atom. The molecule has 1 fully saturated rings. The van der Waals surface area contributed by atoms with Gasteiger partial charge in [0.05, 0.1) is 5.56 Å². The van der Waals surface area contributed by atoms with Crippen LogP contribution in [0.15, 0.2) is 18.2 Å². The van der Waals surface area contributed by atoms with Crippen LogP contribution in [-0.2, 0) is 6.54 Å². The van der Waals surface area contributed by atoms with Gasteiger partial charge in [0.15, 0.2) is 0 Å². The first-order chi connectivity index (χ1) is 8.95. The Morgan fingerprint density at radius 1 is 1.47 bits per heavy atom. The molecule has 2 rings (SSSR count). The molecule has 4 nitrogen and oxygen atoms in total. The lowest BCUT2D eigenvalue weighted by Crippen LogP contribution is -2.31. The van der Waals surface area contributed by atoms with Crippen molar-refractivity contribution in [1.82, 2.24) is 9.80 Å². The molecule has 1 aromatic carbocycles. The van der Waals surface area contributed by atoms with Crippen molar-refractivity contribution in [1.29, 1.82) is 0 Å². The molecule has 1 aliphatic heterocycles. The van der Waals surface area contributed by atoms with E-state index in [0.29, 0.717) is 12.6 Å². The predicted octanol–water partition coefficient (Wildman–Crippen LogP) is 1.66. The largest absolute Gasteiger partial charge is 0.478 e. The third-order valence-corrected chi connectivity index (χ3v) is 3.59. The van der Waals surface area contributed by atoms with E-state index in [1.807, 2.05) is 0 Å². The number of rotatable bonds is 4. The van der Waals surface area contributed by atoms with E-state index >= 15 is 0 Å². The Kier molecular flexibility index (Phi) is 4.17. The van der Waals surface area contributed by atoms with Crippen LogP contribution >= 0.6 is 0 Å². The van der Waals surface area contributed by atoms with E-state index in [1.54, 1.807) is 6.07 Å². The summed E-state index contributed by atoms with van der Waals surface area (Å²) in [6.07, 6.45) is 1.09. The van der Waals surface area contributed by atoms with Gasteiger partial charge in [-0.1, -0.05) is 0 Å². The van der Waals surface area contributed by atoms with Gasteiger partial charge in [0.25, 0.3) is 0 Å². The second kappa shape index (κ2) is 5.67. The lowest BCUT2D eigenvalue weighted by molar-refractivity contribution is 0.0696. The molecular weight excluding hydrogens is 247 g/mol. The Balaban J connectivity index is 2.06. The van der Waals surface area contributed by atoms with Gasteiger partial charge in [-0.05, 0) is 44.3 Å². The summed E-state index contributed by atoms with van der Waals surface area (Å²) in [7, 11) is 4.11. The number of carboxylic acid groups (broad SMARTS) is 1. The van der Waals surface area contributed by atoms with Crippen LogP contribution in [-0.4, -0.2) is 54.1 Å². The summed E-state index contributed by atoms with van der Waals surface area (Å²) >= 11 is 0. The molecule has 1 unspecified atom stereocenters. The quantitative estimate of drug-likeness (QED) is 0.900. The van der Waals surface area contributed by atoms with Gasteiger partial charge in [0.2, 0.25) is 0 Å². The fraction of sp³-hybridized carbons (Fsp3) is 0.500. The van der Waals surface area contributed by atoms with Crippen molar-refractivity contribution < 1.29 is 14.3 Å². The Morgan fingerprint density at radius 3 is 2.79 bits per heavy atom. The second-order valence-electron chi connectivity index (χ2n) is 5.29. The molecule has 1 heterocycles. The molecule has 0 aromatic heterocycles. The Labute approximate surface area is 112 Å². The second-order valence-corrected chi connectivity index (χ2v) is 5.29. The Bertz CT molecular complexity index is 477. The van der Waals surface area contributed by atoms with Crippen molar-refractivity contribution in [2.75, 3.05) is 27.2 Å². The van der Waals surface area contributed by atoms with E-state index in [4.69, 9.17) is 5.11 Å². The van der Waals surface area contributed by atoms with E-state index in [0.717, 1.165) is 31.1 Å². The van der Waals surface area contributed by atoms with E-state index in [1.165, 1.54) is 6.07 Å². The minimum atomic E-state index is -1.09. The van der Waals surface area contributed by atoms with Gasteiger partial charge in [0, 0.05) is 25.7 Å². The summed E-state index contributed by atoms with van der Waals surface area (Å²) in [6.45, 7) is 2.50. The highest BCUT2D eigenvalue weighted by molar-refractivity contribution is 5.87. The maximum atomic E-state index is 13.4. The molecule has 0 radical (unpaired) electrons. The van der Waals surface area contributed by atoms with Crippen LogP contribution in [0.3, 0.4) is 0 Å². The van der Waals surface area contributed by atoms with Gasteiger partial charge in [-0.3, -0.25) is 4.90 Å². The van der Waals surface area contributed by atoms with Crippen LogP contribution < -0.4 is 0 Å². The molecule has 1 atom stereocenters. The summed E-state index contributed by atoms with van der Waals surface area (Å²) in [6, 6.07) is 4.54. The molecule has 1 saturated heterocycles. The van der Waals surface area contributed by atoms with E-state index in [9.17, 15) is 9.18 Å². The Hall–Kier alpha value is -1.46. The fourth-order valence-corrected chi connectivity index (χ4v) is 2.50. The van der Waals surface area contributed by atoms with Gasteiger partial charge in [-0.15, -0.1) is 0 Å². The number of likely N-dealkylation sites (N-methyl/N-ethyl adjacent to an activating group) is 1. The summed E-state index contributed by atoms with van der Waals surface area (Å²) in [5, 5.41) is 8.92. The number of carbonyl (C=O) groups is 1. The van der Waals surface area contributed by atoms with Crippen molar-refractivity contribution in [3.63, 3.8) is 0 Å². The van der Waals surface area contributed by atoms with Crippen molar-refractivity contribution in [3.8, 4) is 0 Å². The molecule has 5 heteroatoms. The summed E-state index contributed by atoms with van der Waals surface area (Å²) in [4.78, 5) is 15.3. The number of halogens is 1. The first kappa shape index (κ1) is 14.0. The summed E-state index contributed by atoms with van der Waals surface area (Å²) in [5.74, 6) is -1.58. The van der Waals surface area contributed by atoms with Crippen LogP contribution in [0.5, 0.6) is 0 Å². The highest BCUT2D eigenvalue weighted by Crippen LogP contribution is 2.18. The molecule has 0 spiro atoms. The van der Waals surface area contributed by atoms with Crippen molar-refractivity contribution in [2.45, 2.75) is 19.0 Å². The first-order valence-corrected chi connectivity index (χ1v) is 6.37. The van der Waals surface area contributed by atoms with Crippen molar-refractivity contribution >= 4 is 5.97 Å². The smallest absolute Gasteiger partial charge is 0.335 e. The molecule has 0 saturated carbocycles. The topological polar surface area (TPSA) is 43.8 Å². The third-order valence-electron chi connectivity index (χ3n) is 3.59. The van der Waals surface area contributed by atoms with Crippen LogP contribution in [0, 0.1) is 5.82 Å². The molecule has 104 valence electrons. The molecule has 19 heavy (non-hydrogen) atoms. The van der Waals surface area contributed by atoms with E-state index in [-0.39, 0.29) is 5.56 Å². The van der Waals surface area contributed by atoms with Crippen LogP contribution in [0.25, 0.3) is 0 Å². The molecule has 1 aromatic rings. The van der Waals surface area contributed by atoms with Crippen molar-refractivity contribution in [2.24, 2.45) is 0 Å². The van der Waals surface area contributed by atoms with Crippen molar-refractivity contribution in [3.05, 3.63) is 35.1 Å². The highest BCUT2D eigenvalue weighted by atomic mass is 19.1. The summed E-state index contributed by atoms with van der Waals surface area (Å²) < 4.78 is 13.4. The lowest BCUT2D eigenvalue weighted by atomic mass is 10.1. The van der Waals surface area contributed by atoms with Gasteiger partial charge < -0.3 is 10.0 Å². The van der Waals surface area contributed by atoms with Gasteiger partial charge >= 0.3 is 5.97 Å². The van der Waals surface area contributed by atoms with Crippen LogP contribution in [0.4, 0.5) is 4.39 Å². The maximum absolute atomic E-state index is 13.4. The zero-order valence-corrected chi connectivity index (χ0v) is 11.3. The number of hydrogen-bond acceptors (Lipinski definition) is 3. The third kappa shape index (κ3) is 3.52. The number of benzene rings is 1. The normalized spacial score (nSPS) is 20.1. The number of nitrogens with zero attached hydrogens (tertiary/aromatic N) is 2. The predicted molar refractivity (Wildman–Crippen MR) is 70.7 cm³/mol. The standard InChI is InChI=1S/C14H19FN2O2/c1-16(2)13-3-4-17(9-13)8-10-5-11(14(18)19)7-12(15)6-10/h5-7,13H,3-4,8-9H2,1-2H3,(H,18,19). The summed E-state index contributed by atoms with van der Waals surface area (Å²) in [5.41, 5.74) is 0.732. The van der Waals surface area contributed by atoms with E-state index < -0.39 is 11.8 Å². The SMILES string of the molecule is CN(C)C1CCN(Cc2cc(F)cc(C(=O)O)c2)C1. The number of aromatic carboxylic acids is 1. The van der Waals surface area contributed by atoms with Gasteiger partial charge in [-0.2, -0.15) is 0 Å². The maximum Gasteiger partial charge on any atom is 0.335 e. The van der Waals surface area contributed by atoms with Gasteiger partial charge in [0.1, 0.15) is 5.82 Å². The van der Waals surface area contributed by atoms with Crippen LogP contribution in [0.1, 0.15) is 22.3 Å². The monoisotopic (exact) mass is 266 g/mol. The number of hydrogen-bond donors (Lipinski definition) is 1. The fourth-order valence-electron chi connectivity index (χ4n) is 2.50. The molecule has 1 aliphatic rings. The van der Waals surface area contributed by atoms with Crippen LogP contribution in [0.2, 0.25) is 0 Å². The first-order valence-electron chi connectivity index (χ1n) is 6.37. The highest BCUT2D eigenvalue weighted by Gasteiger charge is 2.24. The van der Waals surface area contributed by atoms with Gasteiger partial charge in [-0.25, -0.2) is 9.18 Å². The zero-order valence-electron chi connectivity index (χ0n) is 11.3. The minimum absolute atomic E-state index is 0.0124. The zero-order chi connectivity index (χ0) is 14.0. The number of likely N-dealkylation sites (tertiary alicyclic amines) is 1. The number of carboxylic acids is 1. The average molecular weight is 266 g/mol. The average Bonchev–Trinajstić information content (AvgIpc) is 2.76. The minimum Gasteiger partial charge on any atom is -0.478 e. The molecule has 0 bridgehead atoms. The molecule has 0 amide bonds. The van der Waals surface area contributed by atoms with E-state index in [2.05, 4.69) is 23.9 Å².